The van der Waals surface area contributed by atoms with Crippen LogP contribution in [0.5, 0.6) is 11.5 Å². The molecule has 0 spiro atoms. The minimum Gasteiger partial charge on any atom is -0.497 e. The largest absolute Gasteiger partial charge is 0.497 e. The first kappa shape index (κ1) is 26.0. The van der Waals surface area contributed by atoms with E-state index in [2.05, 4.69) is 18.8 Å². The zero-order valence-corrected chi connectivity index (χ0v) is 21.2. The molecule has 0 radical (unpaired) electrons. The number of rotatable bonds is 10. The standard InChI is InChI=1S/C28H35N3O4/c1-6-17(4)22-13-25(23(14-29)28(30)34-8-3)31-15-24(22)21(7-2)27(32)19-11-18-12-20(33-5)9-10-26(18)35-16-19/h7,9-10,12-15,17,19,29H,6,8,11,16,30H2,1-5H3/b21-7+,28-23-,29-14?. The second-order valence-corrected chi connectivity index (χ2v) is 8.57. The van der Waals surface area contributed by atoms with E-state index >= 15 is 0 Å². The Bertz CT molecular complexity index is 1150. The number of nitrogens with two attached hydrogens (primary N) is 1. The fourth-order valence-corrected chi connectivity index (χ4v) is 4.29. The van der Waals surface area contributed by atoms with E-state index in [4.69, 9.17) is 25.4 Å². The normalized spacial score (nSPS) is 16.9. The highest BCUT2D eigenvalue weighted by molar-refractivity contribution is 6.22. The third kappa shape index (κ3) is 5.56. The number of allylic oxidation sites excluding steroid dienone is 3. The summed E-state index contributed by atoms with van der Waals surface area (Å²) in [5.41, 5.74) is 10.4. The molecule has 1 aromatic heterocycles. The number of pyridine rings is 1. The molecule has 35 heavy (non-hydrogen) atoms. The van der Waals surface area contributed by atoms with Crippen molar-refractivity contribution in [1.29, 1.82) is 5.41 Å². The van der Waals surface area contributed by atoms with Crippen molar-refractivity contribution in [3.05, 3.63) is 64.8 Å². The van der Waals surface area contributed by atoms with Crippen LogP contribution in [-0.4, -0.2) is 37.3 Å². The summed E-state index contributed by atoms with van der Waals surface area (Å²) in [6.07, 6.45) is 6.19. The summed E-state index contributed by atoms with van der Waals surface area (Å²) in [6, 6.07) is 7.60. The molecule has 1 aromatic carbocycles. The van der Waals surface area contributed by atoms with Gasteiger partial charge >= 0.3 is 0 Å². The number of fused-ring (bicyclic) bond motifs is 1. The van der Waals surface area contributed by atoms with E-state index in [1.165, 1.54) is 0 Å². The molecule has 0 bridgehead atoms. The average molecular weight is 478 g/mol. The maximum atomic E-state index is 13.7. The molecule has 0 saturated carbocycles. The van der Waals surface area contributed by atoms with Crippen LogP contribution in [0.2, 0.25) is 0 Å². The number of aromatic nitrogens is 1. The second kappa shape index (κ2) is 11.7. The van der Waals surface area contributed by atoms with Crippen molar-refractivity contribution in [3.8, 4) is 11.5 Å². The van der Waals surface area contributed by atoms with Gasteiger partial charge < -0.3 is 25.4 Å². The van der Waals surface area contributed by atoms with Crippen LogP contribution < -0.4 is 15.2 Å². The van der Waals surface area contributed by atoms with Crippen molar-refractivity contribution in [1.82, 2.24) is 4.98 Å². The lowest BCUT2D eigenvalue weighted by Gasteiger charge is -2.26. The highest BCUT2D eigenvalue weighted by Crippen LogP contribution is 2.35. The monoisotopic (exact) mass is 477 g/mol. The van der Waals surface area contributed by atoms with E-state index in [0.29, 0.717) is 36.5 Å². The molecule has 1 aliphatic heterocycles. The first-order chi connectivity index (χ1) is 16.9. The number of carbonyl (C=O) groups is 1. The Morgan fingerprint density at radius 3 is 2.74 bits per heavy atom. The average Bonchev–Trinajstić information content (AvgIpc) is 2.88. The van der Waals surface area contributed by atoms with Crippen molar-refractivity contribution < 1.29 is 19.0 Å². The summed E-state index contributed by atoms with van der Waals surface area (Å²) in [5.74, 6) is 1.58. The number of nitrogens with zero attached hydrogens (tertiary/aromatic N) is 1. The smallest absolute Gasteiger partial charge is 0.195 e. The summed E-state index contributed by atoms with van der Waals surface area (Å²) in [7, 11) is 1.63. The predicted octanol–water partition coefficient (Wildman–Crippen LogP) is 5.14. The third-order valence-electron chi connectivity index (χ3n) is 6.45. The maximum absolute atomic E-state index is 13.7. The molecule has 7 heteroatoms. The Kier molecular flexibility index (Phi) is 8.68. The predicted molar refractivity (Wildman–Crippen MR) is 139 cm³/mol. The van der Waals surface area contributed by atoms with Gasteiger partial charge in [0.05, 0.1) is 37.5 Å². The Morgan fingerprint density at radius 1 is 1.34 bits per heavy atom. The van der Waals surface area contributed by atoms with Crippen LogP contribution in [-0.2, 0) is 16.0 Å². The summed E-state index contributed by atoms with van der Waals surface area (Å²) >= 11 is 0. The fourth-order valence-electron chi connectivity index (χ4n) is 4.29. The lowest BCUT2D eigenvalue weighted by molar-refractivity contribution is -0.118. The van der Waals surface area contributed by atoms with Crippen LogP contribution in [0.1, 0.15) is 62.4 Å². The van der Waals surface area contributed by atoms with Gasteiger partial charge in [-0.1, -0.05) is 19.9 Å². The van der Waals surface area contributed by atoms with E-state index in [1.54, 1.807) is 13.3 Å². The van der Waals surface area contributed by atoms with Gasteiger partial charge in [-0.2, -0.15) is 0 Å². The first-order valence-electron chi connectivity index (χ1n) is 12.0. The molecule has 2 atom stereocenters. The number of methoxy groups -OCH3 is 1. The molecular formula is C28H35N3O4. The highest BCUT2D eigenvalue weighted by atomic mass is 16.5. The summed E-state index contributed by atoms with van der Waals surface area (Å²) in [5, 5.41) is 7.82. The zero-order valence-electron chi connectivity index (χ0n) is 21.2. The van der Waals surface area contributed by atoms with E-state index in [9.17, 15) is 4.79 Å². The van der Waals surface area contributed by atoms with E-state index < -0.39 is 0 Å². The van der Waals surface area contributed by atoms with Crippen LogP contribution in [0, 0.1) is 11.3 Å². The first-order valence-corrected chi connectivity index (χ1v) is 12.0. The number of hydrogen-bond acceptors (Lipinski definition) is 7. The summed E-state index contributed by atoms with van der Waals surface area (Å²) < 4.78 is 16.7. The molecule has 2 aromatic rings. The van der Waals surface area contributed by atoms with Gasteiger partial charge in [0, 0.05) is 23.5 Å². The van der Waals surface area contributed by atoms with E-state index in [0.717, 1.165) is 40.8 Å². The lowest BCUT2D eigenvalue weighted by atomic mass is 9.83. The summed E-state index contributed by atoms with van der Waals surface area (Å²) in [4.78, 5) is 18.3. The number of benzene rings is 1. The van der Waals surface area contributed by atoms with Gasteiger partial charge in [-0.15, -0.1) is 0 Å². The van der Waals surface area contributed by atoms with Crippen LogP contribution >= 0.6 is 0 Å². The van der Waals surface area contributed by atoms with Crippen LogP contribution in [0.25, 0.3) is 11.1 Å². The Balaban J connectivity index is 1.99. The highest BCUT2D eigenvalue weighted by Gasteiger charge is 2.30. The molecule has 3 N–H and O–H groups in total. The van der Waals surface area contributed by atoms with Gasteiger partial charge in [0.15, 0.2) is 11.7 Å². The number of nitrogens with one attached hydrogen (secondary N) is 1. The molecule has 1 aliphatic rings. The Labute approximate surface area is 207 Å². The SMILES string of the molecule is C/C=C(/C(=O)C1COc2ccc(OC)cc2C1)c1cnc(/C(C=N)=C(/N)OCC)cc1C(C)CC. The number of carbonyl (C=O) groups excluding carboxylic acids is 1. The minimum atomic E-state index is -0.309. The Morgan fingerprint density at radius 2 is 2.11 bits per heavy atom. The van der Waals surface area contributed by atoms with Crippen LogP contribution in [0.4, 0.5) is 0 Å². The van der Waals surface area contributed by atoms with Gasteiger partial charge in [0.1, 0.15) is 11.5 Å². The molecule has 0 amide bonds. The molecule has 0 fully saturated rings. The zero-order chi connectivity index (χ0) is 25.5. The number of hydrogen-bond donors (Lipinski definition) is 2. The number of ether oxygens (including phenoxy) is 3. The van der Waals surface area contributed by atoms with Gasteiger partial charge in [0.25, 0.3) is 0 Å². The maximum Gasteiger partial charge on any atom is 0.195 e. The summed E-state index contributed by atoms with van der Waals surface area (Å²) in [6.45, 7) is 8.65. The van der Waals surface area contributed by atoms with Crippen molar-refractivity contribution in [2.75, 3.05) is 20.3 Å². The van der Waals surface area contributed by atoms with Crippen molar-refractivity contribution in [2.45, 2.75) is 46.5 Å². The fraction of sp³-hybridized carbons (Fsp3) is 0.393. The molecule has 7 nitrogen and oxygen atoms in total. The van der Waals surface area contributed by atoms with Crippen LogP contribution in [0.3, 0.4) is 0 Å². The lowest BCUT2D eigenvalue weighted by Crippen LogP contribution is -2.29. The van der Waals surface area contributed by atoms with Crippen molar-refractivity contribution in [3.63, 3.8) is 0 Å². The second-order valence-electron chi connectivity index (χ2n) is 8.57. The minimum absolute atomic E-state index is 0.0247. The number of ketones is 1. The molecule has 2 unspecified atom stereocenters. The van der Waals surface area contributed by atoms with Gasteiger partial charge in [-0.25, -0.2) is 0 Å². The molecule has 0 aliphatic carbocycles. The van der Waals surface area contributed by atoms with E-state index in [-0.39, 0.29) is 23.5 Å². The molecule has 2 heterocycles. The third-order valence-corrected chi connectivity index (χ3v) is 6.45. The van der Waals surface area contributed by atoms with Gasteiger partial charge in [-0.3, -0.25) is 9.78 Å². The van der Waals surface area contributed by atoms with Gasteiger partial charge in [-0.05, 0) is 68.0 Å². The Hall–Kier alpha value is -3.61. The topological polar surface area (TPSA) is 108 Å². The van der Waals surface area contributed by atoms with Crippen molar-refractivity contribution >= 4 is 23.1 Å². The molecule has 186 valence electrons. The van der Waals surface area contributed by atoms with E-state index in [1.807, 2.05) is 44.2 Å². The molecular weight excluding hydrogens is 442 g/mol. The molecule has 3 rings (SSSR count). The number of Topliss-reactive ketones (excluding diaryl/α,β-unsaturated/α-hetero) is 1. The van der Waals surface area contributed by atoms with Gasteiger partial charge in [0.2, 0.25) is 0 Å². The molecule has 0 saturated heterocycles. The quantitative estimate of drug-likeness (QED) is 0.279. The van der Waals surface area contributed by atoms with Crippen LogP contribution in [0.15, 0.2) is 42.4 Å². The van der Waals surface area contributed by atoms with Crippen molar-refractivity contribution in [2.24, 2.45) is 11.7 Å².